The van der Waals surface area contributed by atoms with Gasteiger partial charge in [0.15, 0.2) is 0 Å². The Bertz CT molecular complexity index is 9710. The van der Waals surface area contributed by atoms with Crippen LogP contribution in [-0.4, -0.2) is 19.1 Å². The summed E-state index contributed by atoms with van der Waals surface area (Å²) >= 11 is 1.85. The molecule has 4 aromatic heterocycles. The van der Waals surface area contributed by atoms with Crippen molar-refractivity contribution in [3.05, 3.63) is 599 Å². The molecule has 4 heterocycles. The molecule has 0 N–H and O–H groups in total. The second-order valence-electron chi connectivity index (χ2n) is 40.7. The van der Waals surface area contributed by atoms with E-state index in [2.05, 4.69) is 519 Å². The summed E-state index contributed by atoms with van der Waals surface area (Å²) < 4.78 is 5.17. The van der Waals surface area contributed by atoms with Gasteiger partial charge in [0.25, 0.3) is 0 Å². The van der Waals surface area contributed by atoms with Crippen molar-refractivity contribution in [3.8, 4) is 121 Å². The van der Waals surface area contributed by atoms with Gasteiger partial charge >= 0.3 is 0 Å². The van der Waals surface area contributed by atoms with Gasteiger partial charge in [-0.1, -0.05) is 461 Å². The van der Waals surface area contributed by atoms with E-state index in [1.165, 1.54) is 177 Å². The fourth-order valence-electron chi connectivity index (χ4n) is 29.0. The molecule has 4 nitrogen and oxygen atoms in total. The summed E-state index contributed by atoms with van der Waals surface area (Å²) in [5.74, 6) is 0. The fraction of sp³-hybridized carbons (Fsp3) is 0.0282. The number of hydrogen-bond acceptors (Lipinski definition) is 3. The maximum absolute atomic E-state index is 6.51. The Labute approximate surface area is 852 Å². The highest BCUT2D eigenvalue weighted by Gasteiger charge is 2.56. The highest BCUT2D eigenvalue weighted by atomic mass is 32.1. The number of benzene rings is 23. The Morgan fingerprint density at radius 2 is 0.415 bits per heavy atom. The molecule has 0 saturated heterocycles. The smallest absolute Gasteiger partial charge is 0.109 e. The largest absolute Gasteiger partial charge is 0.309 e. The summed E-state index contributed by atoms with van der Waals surface area (Å²) in [5.41, 5.74) is 50.0. The Balaban J connectivity index is 0.658. The van der Waals surface area contributed by atoms with Gasteiger partial charge in [-0.2, -0.15) is 0 Å². The fourth-order valence-corrected chi connectivity index (χ4v) is 30.2. The molecule has 0 aliphatic heterocycles. The van der Waals surface area contributed by atoms with Crippen molar-refractivity contribution in [3.63, 3.8) is 0 Å². The molecule has 0 amide bonds. The predicted molar refractivity (Wildman–Crippen MR) is 608 cm³/mol. The van der Waals surface area contributed by atoms with E-state index >= 15 is 0 Å². The zero-order valence-corrected chi connectivity index (χ0v) is 80.5. The van der Waals surface area contributed by atoms with Gasteiger partial charge in [0, 0.05) is 54.6 Å². The van der Waals surface area contributed by atoms with Crippen LogP contribution < -0.4 is 0 Å². The minimum absolute atomic E-state index is 0.524. The molecule has 0 saturated carbocycles. The molecule has 6 aliphatic carbocycles. The Morgan fingerprint density at radius 3 is 0.769 bits per heavy atom. The molecule has 0 atom stereocenters. The number of para-hydroxylation sites is 2. The van der Waals surface area contributed by atoms with Crippen molar-refractivity contribution in [2.24, 2.45) is 0 Å². The lowest BCUT2D eigenvalue weighted by Crippen LogP contribution is -2.28. The van der Waals surface area contributed by atoms with Crippen LogP contribution in [0, 0.1) is 0 Å². The molecule has 23 aromatic carbocycles. The van der Waals surface area contributed by atoms with Crippen LogP contribution >= 0.6 is 11.3 Å². The number of thiophene rings is 1. The quantitative estimate of drug-likeness (QED) is 0.128. The van der Waals surface area contributed by atoms with Gasteiger partial charge in [0.1, 0.15) is 11.0 Å². The van der Waals surface area contributed by atoms with Gasteiger partial charge in [-0.25, -0.2) is 9.97 Å². The maximum Gasteiger partial charge on any atom is 0.109 e. The van der Waals surface area contributed by atoms with E-state index < -0.39 is 21.7 Å². The van der Waals surface area contributed by atoms with E-state index in [0.717, 1.165) is 120 Å². The van der Waals surface area contributed by atoms with E-state index in [9.17, 15) is 0 Å². The molecule has 6 aliphatic rings. The van der Waals surface area contributed by atoms with Gasteiger partial charge in [-0.3, -0.25) is 0 Å². The van der Waals surface area contributed by atoms with Gasteiger partial charge in [0.05, 0.1) is 75.9 Å². The van der Waals surface area contributed by atoms with Gasteiger partial charge in [-0.05, 0) is 226 Å². The summed E-state index contributed by atoms with van der Waals surface area (Å²) in [7, 11) is 0. The molecular weight excluding hydrogens is 1790 g/mol. The first-order chi connectivity index (χ1) is 73.0. The molecule has 678 valence electrons. The van der Waals surface area contributed by atoms with Crippen molar-refractivity contribution >= 4 is 98.6 Å². The number of aromatic nitrogens is 4. The highest BCUT2D eigenvalue weighted by molar-refractivity contribution is 7.21. The number of nitrogens with zero attached hydrogens (tertiary/aromatic N) is 4. The topological polar surface area (TPSA) is 35.6 Å². The number of fused-ring (bicyclic) bond motifs is 39. The van der Waals surface area contributed by atoms with Crippen molar-refractivity contribution in [1.29, 1.82) is 0 Å². The normalized spacial score (nSPS) is 14.2. The maximum atomic E-state index is 6.51. The van der Waals surface area contributed by atoms with Crippen LogP contribution in [0.4, 0.5) is 0 Å². The second kappa shape index (κ2) is 30.1. The van der Waals surface area contributed by atoms with Gasteiger partial charge in [-0.15, -0.1) is 11.3 Å². The monoisotopic (exact) mass is 1880 g/mol. The minimum atomic E-state index is -0.669. The summed E-state index contributed by atoms with van der Waals surface area (Å²) in [6.45, 7) is 0. The highest BCUT2D eigenvalue weighted by Crippen LogP contribution is 2.69. The van der Waals surface area contributed by atoms with E-state index in [1.54, 1.807) is 0 Å². The SMILES string of the molecule is c1ccc(C2(c3ccccc3)c3ccccc3-c3c(-c4sc(-c5cccc6c5-c5ccccc5C6(c5ccccc5)c5ccccc5)c5nc6c7ccc(-c8cccc9c8c8ccccc8n9-c8cccc9c8-c8ccccc8C98c9ccccc9-c9ccccc98)cc7c7cc(-c8cccc9c8c8ccccc8n9-c8cccc9c8-c8ccccc8C98c9ccccc9-c9ccccc98)ccc7c6nc45)cccc32)cc1. The first kappa shape index (κ1) is 81.1. The number of rotatable bonds is 10. The minimum Gasteiger partial charge on any atom is -0.309 e. The lowest BCUT2D eigenvalue weighted by molar-refractivity contribution is 0.768. The average Bonchev–Trinajstić information content (AvgIpc) is 1.50. The van der Waals surface area contributed by atoms with Crippen molar-refractivity contribution in [1.82, 2.24) is 19.1 Å². The molecule has 27 aromatic rings. The van der Waals surface area contributed by atoms with E-state index in [-0.39, 0.29) is 0 Å². The van der Waals surface area contributed by atoms with Crippen molar-refractivity contribution < 1.29 is 0 Å². The van der Waals surface area contributed by atoms with Crippen LogP contribution in [0.3, 0.4) is 0 Å². The van der Waals surface area contributed by atoms with E-state index in [4.69, 9.17) is 9.97 Å². The van der Waals surface area contributed by atoms with Crippen LogP contribution in [0.5, 0.6) is 0 Å². The van der Waals surface area contributed by atoms with Crippen molar-refractivity contribution in [2.75, 3.05) is 0 Å². The molecular formula is C142H84N4S. The zero-order chi connectivity index (χ0) is 95.8. The first-order valence-electron chi connectivity index (χ1n) is 51.3. The molecule has 147 heavy (non-hydrogen) atoms. The third kappa shape index (κ3) is 10.3. The lowest BCUT2D eigenvalue weighted by Gasteiger charge is -2.34. The van der Waals surface area contributed by atoms with Crippen LogP contribution in [0.1, 0.15) is 89.0 Å². The van der Waals surface area contributed by atoms with E-state index in [1.807, 2.05) is 11.3 Å². The van der Waals surface area contributed by atoms with Crippen LogP contribution in [0.15, 0.2) is 510 Å². The molecule has 33 rings (SSSR count). The summed E-state index contributed by atoms with van der Waals surface area (Å²) in [4.78, 5) is 15.2. The first-order valence-corrected chi connectivity index (χ1v) is 52.1. The molecule has 0 bridgehead atoms. The Hall–Kier alpha value is -18.5. The third-order valence-electron chi connectivity index (χ3n) is 34.3. The zero-order valence-electron chi connectivity index (χ0n) is 79.7. The standard InChI is InChI=1S/C142H84N4S/c1-5-39-87(40-6-1)139(88-41-7-2-8-42-88)113-65-27-17-51-99(113)127-105(59-33-69-117(127)139)137-135-136(138(147-137)106-60-34-70-118-128(106)100-52-18-28-66-114(100)140(118,89-43-9-3-10-44-89)90-45-11-4-12-46-90)144-134-98-82-80-86(92-58-36-76-124-130(92)104-56-22-32-74-122(104)146(124)126-78-38-72-120-132(126)102-54-20-30-68-116(102)142(120)111-63-25-15-49-95(111)96-50-16-26-64-112(96)142)84-108(98)107-83-85(79-81-97(107)133(134)143-135)91-57-35-75-123-129(91)103-55-21-31-73-121(103)145(123)125-77-37-71-119-131(125)101-53-19-29-67-115(101)141(119)109-61-23-13-47-93(109)94-48-14-24-62-110(94)141/h1-84H. The number of hydrogen-bond donors (Lipinski definition) is 0. The molecule has 0 unspecified atom stereocenters. The van der Waals surface area contributed by atoms with Crippen LogP contribution in [0.25, 0.3) is 208 Å². The van der Waals surface area contributed by atoms with Crippen LogP contribution in [0.2, 0.25) is 0 Å². The molecule has 5 heteroatoms. The van der Waals surface area contributed by atoms with Crippen molar-refractivity contribution in [2.45, 2.75) is 21.7 Å². The summed E-state index contributed by atoms with van der Waals surface area (Å²) in [5, 5.41) is 8.94. The van der Waals surface area contributed by atoms with Gasteiger partial charge < -0.3 is 9.13 Å². The Morgan fingerprint density at radius 1 is 0.163 bits per heavy atom. The molecule has 0 fully saturated rings. The summed E-state index contributed by atoms with van der Waals surface area (Å²) in [6.07, 6.45) is 0. The third-order valence-corrected chi connectivity index (χ3v) is 35.6. The Kier molecular flexibility index (Phi) is 16.6. The van der Waals surface area contributed by atoms with Crippen LogP contribution in [-0.2, 0) is 21.7 Å². The summed E-state index contributed by atoms with van der Waals surface area (Å²) in [6, 6.07) is 194. The van der Waals surface area contributed by atoms with Gasteiger partial charge in [0.2, 0.25) is 0 Å². The molecule has 0 radical (unpaired) electrons. The van der Waals surface area contributed by atoms with E-state index in [0.29, 0.717) is 0 Å². The lowest BCUT2D eigenvalue weighted by atomic mass is 9.67. The molecule has 2 spiro atoms. The average molecular weight is 1880 g/mol. The predicted octanol–water partition coefficient (Wildman–Crippen LogP) is 35.4. The second-order valence-corrected chi connectivity index (χ2v) is 41.7.